The van der Waals surface area contributed by atoms with Gasteiger partial charge in [-0.25, -0.2) is 9.37 Å². The molecule has 19 heavy (non-hydrogen) atoms. The molecule has 1 aliphatic heterocycles. The summed E-state index contributed by atoms with van der Waals surface area (Å²) in [6.07, 6.45) is 1.49. The van der Waals surface area contributed by atoms with Crippen LogP contribution in [-0.2, 0) is 16.7 Å². The predicted octanol–water partition coefficient (Wildman–Crippen LogP) is 3.09. The van der Waals surface area contributed by atoms with Gasteiger partial charge in [0.2, 0.25) is 0 Å². The molecule has 1 atom stereocenters. The molecule has 1 unspecified atom stereocenters. The van der Waals surface area contributed by atoms with Crippen LogP contribution in [0.5, 0.6) is 0 Å². The standard InChI is InChI=1S/C14H16ClFN2O/c1-14(6-8-19-9-14)18-12(5-7-15)17-11-4-2-3-10(16)13(11)18/h2-4H,5-9H2,1H3. The smallest absolute Gasteiger partial charge is 0.149 e. The van der Waals surface area contributed by atoms with E-state index >= 15 is 0 Å². The first kappa shape index (κ1) is 12.9. The van der Waals surface area contributed by atoms with Gasteiger partial charge in [-0.2, -0.15) is 0 Å². The molecule has 0 spiro atoms. The first-order chi connectivity index (χ1) is 9.15. The number of para-hydroxylation sites is 1. The lowest BCUT2D eigenvalue weighted by molar-refractivity contribution is 0.162. The highest BCUT2D eigenvalue weighted by molar-refractivity contribution is 6.17. The third-order valence-corrected chi connectivity index (χ3v) is 3.94. The number of fused-ring (bicyclic) bond motifs is 1. The summed E-state index contributed by atoms with van der Waals surface area (Å²) in [6.45, 7) is 3.37. The maximum atomic E-state index is 14.2. The molecule has 3 rings (SSSR count). The summed E-state index contributed by atoms with van der Waals surface area (Å²) >= 11 is 5.85. The minimum Gasteiger partial charge on any atom is -0.379 e. The Morgan fingerprint density at radius 3 is 3.05 bits per heavy atom. The molecular weight excluding hydrogens is 267 g/mol. The van der Waals surface area contributed by atoms with E-state index in [1.165, 1.54) is 6.07 Å². The third kappa shape index (κ3) is 2.03. The number of benzene rings is 1. The van der Waals surface area contributed by atoms with Crippen LogP contribution in [0.3, 0.4) is 0 Å². The number of rotatable bonds is 3. The molecule has 0 N–H and O–H groups in total. The first-order valence-corrected chi connectivity index (χ1v) is 6.99. The van der Waals surface area contributed by atoms with Gasteiger partial charge in [0.1, 0.15) is 17.2 Å². The van der Waals surface area contributed by atoms with Crippen LogP contribution < -0.4 is 0 Å². The molecule has 0 bridgehead atoms. The van der Waals surface area contributed by atoms with Gasteiger partial charge in [-0.1, -0.05) is 6.07 Å². The topological polar surface area (TPSA) is 27.1 Å². The Balaban J connectivity index is 2.27. The molecule has 2 aromatic rings. The average Bonchev–Trinajstić information content (AvgIpc) is 2.95. The van der Waals surface area contributed by atoms with Crippen molar-refractivity contribution in [3.63, 3.8) is 0 Å². The van der Waals surface area contributed by atoms with Gasteiger partial charge < -0.3 is 9.30 Å². The largest absolute Gasteiger partial charge is 0.379 e. The van der Waals surface area contributed by atoms with Gasteiger partial charge in [0.25, 0.3) is 0 Å². The minimum absolute atomic E-state index is 0.237. The zero-order chi connectivity index (χ0) is 13.5. The van der Waals surface area contributed by atoms with Crippen molar-refractivity contribution in [1.82, 2.24) is 9.55 Å². The zero-order valence-electron chi connectivity index (χ0n) is 10.8. The van der Waals surface area contributed by atoms with E-state index in [9.17, 15) is 4.39 Å². The first-order valence-electron chi connectivity index (χ1n) is 6.46. The summed E-state index contributed by atoms with van der Waals surface area (Å²) in [5.41, 5.74) is 1.02. The van der Waals surface area contributed by atoms with Crippen molar-refractivity contribution in [3.8, 4) is 0 Å². The second-order valence-electron chi connectivity index (χ2n) is 5.21. The molecule has 2 heterocycles. The van der Waals surface area contributed by atoms with Crippen molar-refractivity contribution in [1.29, 1.82) is 0 Å². The van der Waals surface area contributed by atoms with Gasteiger partial charge in [0, 0.05) is 18.9 Å². The predicted molar refractivity (Wildman–Crippen MR) is 73.2 cm³/mol. The fourth-order valence-electron chi connectivity index (χ4n) is 2.80. The molecule has 1 saturated heterocycles. The van der Waals surface area contributed by atoms with Gasteiger partial charge in [-0.3, -0.25) is 0 Å². The summed E-state index contributed by atoms with van der Waals surface area (Å²) < 4.78 is 21.7. The average molecular weight is 283 g/mol. The Morgan fingerprint density at radius 2 is 2.37 bits per heavy atom. The van der Waals surface area contributed by atoms with E-state index in [-0.39, 0.29) is 11.4 Å². The van der Waals surface area contributed by atoms with Crippen molar-refractivity contribution in [2.24, 2.45) is 0 Å². The van der Waals surface area contributed by atoms with E-state index in [1.807, 2.05) is 10.6 Å². The number of ether oxygens (including phenoxy) is 1. The molecule has 5 heteroatoms. The third-order valence-electron chi connectivity index (χ3n) is 3.75. The Morgan fingerprint density at radius 1 is 1.53 bits per heavy atom. The maximum absolute atomic E-state index is 14.2. The van der Waals surface area contributed by atoms with Crippen molar-refractivity contribution >= 4 is 22.6 Å². The Labute approximate surface area is 116 Å². The normalized spacial score (nSPS) is 23.3. The van der Waals surface area contributed by atoms with Crippen molar-refractivity contribution in [2.75, 3.05) is 19.1 Å². The fraction of sp³-hybridized carbons (Fsp3) is 0.500. The van der Waals surface area contributed by atoms with Gasteiger partial charge in [-0.05, 0) is 25.5 Å². The second kappa shape index (κ2) is 4.76. The highest BCUT2D eigenvalue weighted by Gasteiger charge is 2.35. The highest BCUT2D eigenvalue weighted by atomic mass is 35.5. The molecule has 102 valence electrons. The molecule has 0 amide bonds. The zero-order valence-corrected chi connectivity index (χ0v) is 11.6. The number of hydrogen-bond donors (Lipinski definition) is 0. The molecule has 1 fully saturated rings. The molecule has 1 aromatic carbocycles. The molecule has 0 aliphatic carbocycles. The lowest BCUT2D eigenvalue weighted by Crippen LogP contribution is -2.32. The van der Waals surface area contributed by atoms with Gasteiger partial charge in [0.15, 0.2) is 0 Å². The lowest BCUT2D eigenvalue weighted by Gasteiger charge is -2.27. The fourth-order valence-corrected chi connectivity index (χ4v) is 2.97. The monoisotopic (exact) mass is 282 g/mol. The number of aryl methyl sites for hydroxylation is 1. The van der Waals surface area contributed by atoms with Crippen molar-refractivity contribution < 1.29 is 9.13 Å². The van der Waals surface area contributed by atoms with Crippen LogP contribution in [0, 0.1) is 5.82 Å². The van der Waals surface area contributed by atoms with Gasteiger partial charge in [-0.15, -0.1) is 11.6 Å². The number of imidazole rings is 1. The summed E-state index contributed by atoms with van der Waals surface area (Å²) in [4.78, 5) is 4.54. The number of halogens is 2. The van der Waals surface area contributed by atoms with Crippen LogP contribution >= 0.6 is 11.6 Å². The summed E-state index contributed by atoms with van der Waals surface area (Å²) in [5.74, 6) is 1.07. The number of nitrogens with zero attached hydrogens (tertiary/aromatic N) is 2. The quantitative estimate of drug-likeness (QED) is 0.809. The van der Waals surface area contributed by atoms with Crippen molar-refractivity contribution in [2.45, 2.75) is 25.3 Å². The summed E-state index contributed by atoms with van der Waals surface area (Å²) in [5, 5.41) is 0. The van der Waals surface area contributed by atoms with E-state index in [4.69, 9.17) is 16.3 Å². The number of aromatic nitrogens is 2. The molecular formula is C14H16ClFN2O. The molecule has 0 radical (unpaired) electrons. The second-order valence-corrected chi connectivity index (χ2v) is 5.59. The van der Waals surface area contributed by atoms with E-state index < -0.39 is 0 Å². The summed E-state index contributed by atoms with van der Waals surface area (Å²) in [7, 11) is 0. The molecule has 1 aromatic heterocycles. The van der Waals surface area contributed by atoms with Crippen LogP contribution in [-0.4, -0.2) is 28.6 Å². The van der Waals surface area contributed by atoms with E-state index in [0.29, 0.717) is 36.5 Å². The van der Waals surface area contributed by atoms with Crippen LogP contribution in [0.2, 0.25) is 0 Å². The van der Waals surface area contributed by atoms with E-state index in [2.05, 4.69) is 11.9 Å². The lowest BCUT2D eigenvalue weighted by atomic mass is 10.0. The van der Waals surface area contributed by atoms with Crippen LogP contribution in [0.4, 0.5) is 4.39 Å². The Hall–Kier alpha value is -1.13. The number of hydrogen-bond acceptors (Lipinski definition) is 2. The minimum atomic E-state index is -0.238. The Bertz CT molecular complexity index is 605. The Kier molecular flexibility index (Phi) is 3.23. The molecule has 0 saturated carbocycles. The van der Waals surface area contributed by atoms with Crippen LogP contribution in [0.25, 0.3) is 11.0 Å². The summed E-state index contributed by atoms with van der Waals surface area (Å²) in [6, 6.07) is 5.00. The molecule has 3 nitrogen and oxygen atoms in total. The van der Waals surface area contributed by atoms with E-state index in [0.717, 1.165) is 12.2 Å². The SMILES string of the molecule is CC1(n2c(CCCl)nc3cccc(F)c32)CCOC1. The van der Waals surface area contributed by atoms with Crippen LogP contribution in [0.1, 0.15) is 19.2 Å². The number of alkyl halides is 1. The van der Waals surface area contributed by atoms with Crippen LogP contribution in [0.15, 0.2) is 18.2 Å². The highest BCUT2D eigenvalue weighted by Crippen LogP contribution is 2.33. The maximum Gasteiger partial charge on any atom is 0.149 e. The molecule has 1 aliphatic rings. The van der Waals surface area contributed by atoms with Gasteiger partial charge >= 0.3 is 0 Å². The van der Waals surface area contributed by atoms with Crippen molar-refractivity contribution in [3.05, 3.63) is 29.8 Å². The van der Waals surface area contributed by atoms with E-state index in [1.54, 1.807) is 6.07 Å². The van der Waals surface area contributed by atoms with Gasteiger partial charge in [0.05, 0.1) is 17.7 Å².